The third kappa shape index (κ3) is 4.20. The van der Waals surface area contributed by atoms with Crippen molar-refractivity contribution < 1.29 is 4.39 Å². The van der Waals surface area contributed by atoms with Gasteiger partial charge in [-0.25, -0.2) is 14.4 Å². The highest BCUT2D eigenvalue weighted by Crippen LogP contribution is 2.31. The van der Waals surface area contributed by atoms with Crippen LogP contribution in [0, 0.1) is 5.82 Å². The fraction of sp³-hybridized carbons (Fsp3) is 0.0455. The minimum absolute atomic E-state index is 0.263. The second kappa shape index (κ2) is 8.10. The molecule has 0 bridgehead atoms. The number of rotatable bonds is 5. The highest BCUT2D eigenvalue weighted by molar-refractivity contribution is 7.98. The standard InChI is InChI=1S/C22H16FN3S/c23-18-8-6-16(7-9-18)20-14-25-21(15-27-19-4-2-1-3-5-19)26-22(20)17-10-12-24-13-11-17/h1-14H,15H2. The summed E-state index contributed by atoms with van der Waals surface area (Å²) in [5, 5.41) is 0. The van der Waals surface area contributed by atoms with Gasteiger partial charge in [0.1, 0.15) is 11.6 Å². The number of benzene rings is 2. The molecule has 0 aliphatic heterocycles. The summed E-state index contributed by atoms with van der Waals surface area (Å²) in [7, 11) is 0. The van der Waals surface area contributed by atoms with E-state index in [1.165, 1.54) is 17.0 Å². The molecule has 0 atom stereocenters. The average molecular weight is 373 g/mol. The van der Waals surface area contributed by atoms with E-state index >= 15 is 0 Å². The van der Waals surface area contributed by atoms with E-state index in [4.69, 9.17) is 4.98 Å². The Kier molecular flexibility index (Phi) is 5.21. The molecule has 0 saturated carbocycles. The number of thioether (sulfide) groups is 1. The lowest BCUT2D eigenvalue weighted by Crippen LogP contribution is -1.98. The van der Waals surface area contributed by atoms with Crippen molar-refractivity contribution >= 4 is 11.8 Å². The van der Waals surface area contributed by atoms with Gasteiger partial charge in [-0.1, -0.05) is 30.3 Å². The van der Waals surface area contributed by atoms with Gasteiger partial charge in [-0.2, -0.15) is 0 Å². The van der Waals surface area contributed by atoms with Crippen LogP contribution < -0.4 is 0 Å². The second-order valence-corrected chi connectivity index (χ2v) is 6.94. The summed E-state index contributed by atoms with van der Waals surface area (Å²) in [6.45, 7) is 0. The Balaban J connectivity index is 1.70. The number of nitrogens with zero attached hydrogens (tertiary/aromatic N) is 3. The topological polar surface area (TPSA) is 38.7 Å². The molecular weight excluding hydrogens is 357 g/mol. The predicted octanol–water partition coefficient (Wildman–Crippen LogP) is 5.64. The highest BCUT2D eigenvalue weighted by atomic mass is 32.2. The fourth-order valence-corrected chi connectivity index (χ4v) is 3.51. The molecule has 0 aliphatic rings. The van der Waals surface area contributed by atoms with Gasteiger partial charge in [0.2, 0.25) is 0 Å². The zero-order valence-corrected chi connectivity index (χ0v) is 15.2. The van der Waals surface area contributed by atoms with Crippen LogP contribution in [0.1, 0.15) is 5.82 Å². The van der Waals surface area contributed by atoms with Gasteiger partial charge in [0, 0.05) is 34.6 Å². The van der Waals surface area contributed by atoms with Gasteiger partial charge in [-0.3, -0.25) is 4.98 Å². The molecule has 0 amide bonds. The largest absolute Gasteiger partial charge is 0.265 e. The third-order valence-corrected chi connectivity index (χ3v) is 5.07. The van der Waals surface area contributed by atoms with Gasteiger partial charge in [0.15, 0.2) is 0 Å². The average Bonchev–Trinajstić information content (AvgIpc) is 2.74. The van der Waals surface area contributed by atoms with E-state index in [0.29, 0.717) is 5.75 Å². The van der Waals surface area contributed by atoms with Crippen LogP contribution in [0.2, 0.25) is 0 Å². The number of hydrogen-bond acceptors (Lipinski definition) is 4. The van der Waals surface area contributed by atoms with E-state index in [2.05, 4.69) is 22.1 Å². The van der Waals surface area contributed by atoms with Crippen molar-refractivity contribution in [3.8, 4) is 22.4 Å². The van der Waals surface area contributed by atoms with Gasteiger partial charge in [-0.15, -0.1) is 11.8 Å². The van der Waals surface area contributed by atoms with Crippen molar-refractivity contribution in [2.45, 2.75) is 10.6 Å². The summed E-state index contributed by atoms with van der Waals surface area (Å²) >= 11 is 1.69. The van der Waals surface area contributed by atoms with E-state index < -0.39 is 0 Å². The zero-order chi connectivity index (χ0) is 18.5. The maximum Gasteiger partial charge on any atom is 0.139 e. The van der Waals surface area contributed by atoms with E-state index in [1.807, 2.05) is 36.5 Å². The summed E-state index contributed by atoms with van der Waals surface area (Å²) in [5.41, 5.74) is 3.53. The van der Waals surface area contributed by atoms with Crippen LogP contribution in [-0.2, 0) is 5.75 Å². The van der Waals surface area contributed by atoms with Crippen LogP contribution in [-0.4, -0.2) is 15.0 Å². The molecule has 2 heterocycles. The lowest BCUT2D eigenvalue weighted by atomic mass is 10.0. The molecule has 4 aromatic rings. The van der Waals surface area contributed by atoms with Gasteiger partial charge >= 0.3 is 0 Å². The molecule has 0 N–H and O–H groups in total. The van der Waals surface area contributed by atoms with Crippen molar-refractivity contribution in [3.05, 3.63) is 97.0 Å². The number of pyridine rings is 1. The molecule has 2 aromatic heterocycles. The normalized spacial score (nSPS) is 10.7. The Morgan fingerprint density at radius 3 is 2.30 bits per heavy atom. The van der Waals surface area contributed by atoms with Crippen molar-refractivity contribution in [3.63, 3.8) is 0 Å². The first-order valence-electron chi connectivity index (χ1n) is 8.50. The molecule has 4 rings (SSSR count). The minimum atomic E-state index is -0.263. The smallest absolute Gasteiger partial charge is 0.139 e. The van der Waals surface area contributed by atoms with Gasteiger partial charge in [0.05, 0.1) is 11.4 Å². The van der Waals surface area contributed by atoms with Crippen LogP contribution in [0.5, 0.6) is 0 Å². The van der Waals surface area contributed by atoms with E-state index in [9.17, 15) is 4.39 Å². The molecule has 132 valence electrons. The number of aromatic nitrogens is 3. The molecule has 0 spiro atoms. The molecule has 0 saturated heterocycles. The van der Waals surface area contributed by atoms with Gasteiger partial charge in [0.25, 0.3) is 0 Å². The lowest BCUT2D eigenvalue weighted by molar-refractivity contribution is 0.628. The first-order valence-corrected chi connectivity index (χ1v) is 9.48. The van der Waals surface area contributed by atoms with Crippen LogP contribution in [0.15, 0.2) is 90.2 Å². The second-order valence-electron chi connectivity index (χ2n) is 5.89. The Morgan fingerprint density at radius 1 is 0.815 bits per heavy atom. The Labute approximate surface area is 161 Å². The van der Waals surface area contributed by atoms with Crippen LogP contribution in [0.4, 0.5) is 4.39 Å². The van der Waals surface area contributed by atoms with Gasteiger partial charge in [-0.05, 0) is 42.0 Å². The number of hydrogen-bond donors (Lipinski definition) is 0. The fourth-order valence-electron chi connectivity index (χ4n) is 2.72. The van der Waals surface area contributed by atoms with Crippen molar-refractivity contribution in [1.29, 1.82) is 0 Å². The molecular formula is C22H16FN3S. The Morgan fingerprint density at radius 2 is 1.56 bits per heavy atom. The molecule has 2 aromatic carbocycles. The molecule has 0 unspecified atom stereocenters. The first-order chi connectivity index (χ1) is 13.3. The van der Waals surface area contributed by atoms with Crippen molar-refractivity contribution in [2.24, 2.45) is 0 Å². The SMILES string of the molecule is Fc1ccc(-c2cnc(CSc3ccccc3)nc2-c2ccncc2)cc1. The predicted molar refractivity (Wildman–Crippen MR) is 107 cm³/mol. The van der Waals surface area contributed by atoms with E-state index in [0.717, 1.165) is 28.2 Å². The van der Waals surface area contributed by atoms with Crippen LogP contribution in [0.25, 0.3) is 22.4 Å². The maximum absolute atomic E-state index is 13.3. The molecule has 5 heteroatoms. The Hall–Kier alpha value is -3.05. The summed E-state index contributed by atoms with van der Waals surface area (Å²) in [6.07, 6.45) is 5.30. The van der Waals surface area contributed by atoms with Crippen molar-refractivity contribution in [1.82, 2.24) is 15.0 Å². The molecule has 3 nitrogen and oxygen atoms in total. The Bertz CT molecular complexity index is 1020. The van der Waals surface area contributed by atoms with Gasteiger partial charge < -0.3 is 0 Å². The first kappa shape index (κ1) is 17.4. The highest BCUT2D eigenvalue weighted by Gasteiger charge is 2.12. The zero-order valence-electron chi connectivity index (χ0n) is 14.4. The monoisotopic (exact) mass is 373 g/mol. The van der Waals surface area contributed by atoms with E-state index in [1.54, 1.807) is 36.3 Å². The lowest BCUT2D eigenvalue weighted by Gasteiger charge is -2.11. The molecule has 0 fully saturated rings. The third-order valence-electron chi connectivity index (χ3n) is 4.06. The summed E-state index contributed by atoms with van der Waals surface area (Å²) < 4.78 is 13.3. The molecule has 27 heavy (non-hydrogen) atoms. The summed E-state index contributed by atoms with van der Waals surface area (Å²) in [4.78, 5) is 14.6. The quantitative estimate of drug-likeness (QED) is 0.425. The van der Waals surface area contributed by atoms with Crippen LogP contribution in [0.3, 0.4) is 0 Å². The number of halogens is 1. The molecule has 0 aliphatic carbocycles. The summed E-state index contributed by atoms with van der Waals surface area (Å²) in [6, 6.07) is 20.4. The molecule has 0 radical (unpaired) electrons. The summed E-state index contributed by atoms with van der Waals surface area (Å²) in [5.74, 6) is 1.16. The van der Waals surface area contributed by atoms with Crippen LogP contribution >= 0.6 is 11.8 Å². The van der Waals surface area contributed by atoms with E-state index in [-0.39, 0.29) is 5.82 Å². The van der Waals surface area contributed by atoms with Crippen molar-refractivity contribution in [2.75, 3.05) is 0 Å². The minimum Gasteiger partial charge on any atom is -0.265 e. The maximum atomic E-state index is 13.3.